The summed E-state index contributed by atoms with van der Waals surface area (Å²) in [5.41, 5.74) is 1.75. The zero-order valence-corrected chi connectivity index (χ0v) is 21.3. The SMILES string of the molecule is Oc1ccccc1C(=[OH+])[CH-]C(=[OH+])c1ccccc1.Oc1ccccc1C(=[OH+])[CH-]C(=[OH+])c1ccccc1.[Ti]. The largest absolute Gasteiger partial charge is 0.520 e. The Balaban J connectivity index is 0.000000253. The Labute approximate surface area is 229 Å². The van der Waals surface area contributed by atoms with Crippen LogP contribution in [-0.2, 0) is 21.7 Å². The molecular weight excluding hydrogens is 504 g/mol. The van der Waals surface area contributed by atoms with Gasteiger partial charge in [-0.25, -0.2) is 0 Å². The minimum Gasteiger partial charge on any atom is -0.520 e. The third-order valence-electron chi connectivity index (χ3n) is 5.05. The molecule has 0 atom stereocenters. The molecule has 0 aliphatic heterocycles. The smallest absolute Gasteiger partial charge is 0.259 e. The van der Waals surface area contributed by atoms with E-state index < -0.39 is 0 Å². The van der Waals surface area contributed by atoms with Gasteiger partial charge in [-0.1, -0.05) is 72.8 Å². The second-order valence-electron chi connectivity index (χ2n) is 7.60. The van der Waals surface area contributed by atoms with Crippen LogP contribution in [0.15, 0.2) is 109 Å². The number of rotatable bonds is 8. The molecular formula is C30H26O6Ti+2. The Kier molecular flexibility index (Phi) is 11.1. The minimum atomic E-state index is -0.186. The van der Waals surface area contributed by atoms with Crippen LogP contribution in [0.5, 0.6) is 11.5 Å². The van der Waals surface area contributed by atoms with E-state index in [9.17, 15) is 29.4 Å². The van der Waals surface area contributed by atoms with Crippen LogP contribution < -0.4 is 0 Å². The van der Waals surface area contributed by atoms with E-state index in [1.165, 1.54) is 25.0 Å². The number of carbonyl (C=O) groups excluding carboxylic acids is 4. The Morgan fingerprint density at radius 2 is 0.730 bits per heavy atom. The Morgan fingerprint density at radius 1 is 0.432 bits per heavy atom. The molecule has 4 aromatic rings. The van der Waals surface area contributed by atoms with Crippen molar-refractivity contribution < 1.29 is 51.1 Å². The molecule has 6 N–H and O–H groups in total. The first-order valence-electron chi connectivity index (χ1n) is 11.0. The van der Waals surface area contributed by atoms with E-state index in [0.29, 0.717) is 11.1 Å². The third kappa shape index (κ3) is 8.35. The first-order chi connectivity index (χ1) is 17.4. The molecule has 184 valence electrons. The van der Waals surface area contributed by atoms with Crippen LogP contribution >= 0.6 is 0 Å². The fourth-order valence-electron chi connectivity index (χ4n) is 3.18. The number of para-hydroxylation sites is 2. The van der Waals surface area contributed by atoms with E-state index in [2.05, 4.69) is 0 Å². The summed E-state index contributed by atoms with van der Waals surface area (Å²) in [7, 11) is 0. The zero-order chi connectivity index (χ0) is 25.9. The van der Waals surface area contributed by atoms with E-state index in [-0.39, 0.29) is 67.5 Å². The zero-order valence-electron chi connectivity index (χ0n) is 19.7. The maximum Gasteiger partial charge on any atom is 0.259 e. The number of phenols is 2. The number of hydrogen-bond acceptors (Lipinski definition) is 2. The summed E-state index contributed by atoms with van der Waals surface area (Å²) < 4.78 is 0. The van der Waals surface area contributed by atoms with Crippen LogP contribution in [0, 0.1) is 12.8 Å². The van der Waals surface area contributed by atoms with Crippen molar-refractivity contribution in [2.45, 2.75) is 0 Å². The fraction of sp³-hybridized carbons (Fsp3) is 0. The molecule has 0 amide bonds. The fourth-order valence-corrected chi connectivity index (χ4v) is 3.18. The summed E-state index contributed by atoms with van der Waals surface area (Å²) in [5.74, 6) is -0.559. The molecule has 0 bridgehead atoms. The molecule has 0 aromatic heterocycles. The Bertz CT molecular complexity index is 1260. The molecule has 0 spiro atoms. The van der Waals surface area contributed by atoms with Crippen molar-refractivity contribution in [3.8, 4) is 11.5 Å². The summed E-state index contributed by atoms with van der Waals surface area (Å²) in [6.45, 7) is 0. The van der Waals surface area contributed by atoms with Crippen molar-refractivity contribution in [3.63, 3.8) is 0 Å². The Morgan fingerprint density at radius 3 is 1.05 bits per heavy atom. The number of aromatic hydroxyl groups is 2. The number of phenolic OH excluding ortho intramolecular Hbond substituents is 2. The van der Waals surface area contributed by atoms with E-state index >= 15 is 0 Å². The molecule has 37 heavy (non-hydrogen) atoms. The predicted molar refractivity (Wildman–Crippen MR) is 142 cm³/mol. The predicted octanol–water partition coefficient (Wildman–Crippen LogP) is 4.16. The molecule has 7 heteroatoms. The first kappa shape index (κ1) is 28.8. The van der Waals surface area contributed by atoms with Crippen LogP contribution in [0.3, 0.4) is 0 Å². The van der Waals surface area contributed by atoms with E-state index in [1.54, 1.807) is 84.9 Å². The van der Waals surface area contributed by atoms with Crippen molar-refractivity contribution in [2.75, 3.05) is 0 Å². The van der Waals surface area contributed by atoms with Gasteiger partial charge in [0.1, 0.15) is 0 Å². The van der Waals surface area contributed by atoms with Crippen molar-refractivity contribution in [1.29, 1.82) is 0 Å². The summed E-state index contributed by atoms with van der Waals surface area (Å²) in [4.78, 5) is 39.4. The molecule has 0 aliphatic rings. The van der Waals surface area contributed by atoms with Gasteiger partial charge in [-0.3, -0.25) is 9.59 Å². The molecule has 4 aromatic carbocycles. The van der Waals surface area contributed by atoms with Gasteiger partial charge in [0.15, 0.2) is 0 Å². The molecule has 0 aliphatic carbocycles. The standard InChI is InChI=1S/2C15H11O3.Ti/c2*16-13-9-5-4-8-12(13)15(18)10-14(17)11-6-2-1-3-7-11;/h2*1-10,16H;/q2*-1;/p+4. The summed E-state index contributed by atoms with van der Waals surface area (Å²) >= 11 is 0. The maximum atomic E-state index is 9.85. The normalized spacial score (nSPS) is 9.51. The van der Waals surface area contributed by atoms with Gasteiger partial charge in [-0.2, -0.15) is 0 Å². The molecule has 0 unspecified atom stereocenters. The number of hydrogen-bond donors (Lipinski definition) is 2. The molecule has 6 nitrogen and oxygen atoms in total. The van der Waals surface area contributed by atoms with Crippen molar-refractivity contribution >= 4 is 23.1 Å². The van der Waals surface area contributed by atoms with Gasteiger partial charge in [0.05, 0.1) is 11.5 Å². The number of benzene rings is 4. The van der Waals surface area contributed by atoms with Gasteiger partial charge >= 0.3 is 0 Å². The quantitative estimate of drug-likeness (QED) is 0.117. The van der Waals surface area contributed by atoms with Crippen molar-refractivity contribution in [2.24, 2.45) is 0 Å². The van der Waals surface area contributed by atoms with Crippen molar-refractivity contribution in [1.82, 2.24) is 0 Å². The summed E-state index contributed by atoms with van der Waals surface area (Å²) in [5, 5.41) is 19.1. The van der Waals surface area contributed by atoms with Crippen LogP contribution in [0.25, 0.3) is 0 Å². The molecule has 0 radical (unpaired) electrons. The average molecular weight is 530 g/mol. The van der Waals surface area contributed by atoms with Crippen LogP contribution in [0.4, 0.5) is 0 Å². The molecule has 4 rings (SSSR count). The van der Waals surface area contributed by atoms with Gasteiger partial charge in [0.2, 0.25) is 0 Å². The van der Waals surface area contributed by atoms with Gasteiger partial charge < -0.3 is 19.8 Å². The minimum absolute atomic E-state index is 0. The van der Waals surface area contributed by atoms with Gasteiger partial charge in [0, 0.05) is 45.7 Å². The van der Waals surface area contributed by atoms with Gasteiger partial charge in [0.25, 0.3) is 23.1 Å². The second kappa shape index (κ2) is 14.2. The monoisotopic (exact) mass is 530 g/mol. The summed E-state index contributed by atoms with van der Waals surface area (Å²) in [6, 6.07) is 30.5. The topological polar surface area (TPSA) is 126 Å². The molecule has 0 saturated carbocycles. The maximum absolute atomic E-state index is 9.85. The Hall–Kier alpha value is -4.39. The van der Waals surface area contributed by atoms with Gasteiger partial charge in [-0.15, -0.1) is 24.3 Å². The first-order valence-corrected chi connectivity index (χ1v) is 11.0. The second-order valence-corrected chi connectivity index (χ2v) is 7.60. The summed E-state index contributed by atoms with van der Waals surface area (Å²) in [6.07, 6.45) is 2.43. The van der Waals surface area contributed by atoms with Crippen LogP contribution in [0.2, 0.25) is 0 Å². The van der Waals surface area contributed by atoms with E-state index in [0.717, 1.165) is 0 Å². The van der Waals surface area contributed by atoms with E-state index in [4.69, 9.17) is 0 Å². The van der Waals surface area contributed by atoms with E-state index in [1.807, 2.05) is 12.1 Å². The molecule has 0 heterocycles. The van der Waals surface area contributed by atoms with Gasteiger partial charge in [-0.05, 0) is 23.3 Å². The number of ketones is 4. The molecule has 0 fully saturated rings. The third-order valence-corrected chi connectivity index (χ3v) is 5.05. The van der Waals surface area contributed by atoms with Crippen molar-refractivity contribution in [3.05, 3.63) is 144 Å². The van der Waals surface area contributed by atoms with Crippen LogP contribution in [0.1, 0.15) is 22.3 Å². The molecule has 0 saturated heterocycles. The van der Waals surface area contributed by atoms with Crippen LogP contribution in [-0.4, -0.2) is 52.5 Å². The average Bonchev–Trinajstić information content (AvgIpc) is 2.90.